The van der Waals surface area contributed by atoms with Gasteiger partial charge in [-0.3, -0.25) is 0 Å². The van der Waals surface area contributed by atoms with Gasteiger partial charge >= 0.3 is 0 Å². The summed E-state index contributed by atoms with van der Waals surface area (Å²) in [6, 6.07) is 0. The number of hydrogen-bond acceptors (Lipinski definition) is 0. The van der Waals surface area contributed by atoms with E-state index in [-0.39, 0.29) is 0 Å². The Kier molecular flexibility index (Phi) is 3.30. The highest BCUT2D eigenvalue weighted by Crippen LogP contribution is 2.30. The van der Waals surface area contributed by atoms with E-state index in [2.05, 4.69) is 18.4 Å². The van der Waals surface area contributed by atoms with Crippen LogP contribution in [0, 0.1) is 23.7 Å². The molecule has 0 saturated heterocycles. The fraction of sp³-hybridized carbons (Fsp3) is 0.714. The van der Waals surface area contributed by atoms with Crippen molar-refractivity contribution in [1.82, 2.24) is 0 Å². The number of hydrogen-bond donors (Lipinski definition) is 0. The summed E-state index contributed by atoms with van der Waals surface area (Å²) >= 11 is 0. The molecule has 0 aromatic rings. The first kappa shape index (κ1) is 9.84. The average Bonchev–Trinajstić information content (AvgIpc) is 2.87. The molecule has 0 heterocycles. The second-order valence-corrected chi connectivity index (χ2v) is 4.76. The zero-order chi connectivity index (χ0) is 9.80. The lowest BCUT2D eigenvalue weighted by Gasteiger charge is -2.05. The van der Waals surface area contributed by atoms with Crippen molar-refractivity contribution in [1.29, 1.82) is 0 Å². The first-order valence-electron chi connectivity index (χ1n) is 6.06. The van der Waals surface area contributed by atoms with E-state index < -0.39 is 0 Å². The summed E-state index contributed by atoms with van der Waals surface area (Å²) in [6.45, 7) is 4.12. The maximum atomic E-state index is 4.12. The maximum Gasteiger partial charge on any atom is 0.0206 e. The van der Waals surface area contributed by atoms with Crippen LogP contribution in [0.3, 0.4) is 0 Å². The zero-order valence-electron chi connectivity index (χ0n) is 9.02. The molecule has 76 valence electrons. The molecule has 14 heavy (non-hydrogen) atoms. The van der Waals surface area contributed by atoms with Crippen LogP contribution in [-0.2, 0) is 0 Å². The van der Waals surface area contributed by atoms with Crippen LogP contribution in [0.2, 0.25) is 0 Å². The quantitative estimate of drug-likeness (QED) is 0.547. The van der Waals surface area contributed by atoms with E-state index in [1.165, 1.54) is 56.9 Å². The lowest BCUT2D eigenvalue weighted by Crippen LogP contribution is -1.95. The molecule has 0 bridgehead atoms. The largest absolute Gasteiger partial charge is 0.0948 e. The van der Waals surface area contributed by atoms with Gasteiger partial charge in [0.15, 0.2) is 0 Å². The van der Waals surface area contributed by atoms with Crippen molar-refractivity contribution < 1.29 is 0 Å². The molecule has 0 aromatic carbocycles. The fourth-order valence-electron chi connectivity index (χ4n) is 2.64. The van der Waals surface area contributed by atoms with Crippen molar-refractivity contribution in [3.05, 3.63) is 12.2 Å². The molecular formula is C14H20. The van der Waals surface area contributed by atoms with Gasteiger partial charge in [-0.2, -0.15) is 0 Å². The Hall–Kier alpha value is -0.700. The Bertz CT molecular complexity index is 251. The van der Waals surface area contributed by atoms with Gasteiger partial charge in [-0.1, -0.05) is 44.1 Å². The molecule has 0 N–H and O–H groups in total. The van der Waals surface area contributed by atoms with Gasteiger partial charge < -0.3 is 0 Å². The van der Waals surface area contributed by atoms with Gasteiger partial charge in [0, 0.05) is 5.92 Å². The van der Waals surface area contributed by atoms with Crippen LogP contribution in [0.1, 0.15) is 51.4 Å². The Morgan fingerprint density at radius 1 is 0.929 bits per heavy atom. The van der Waals surface area contributed by atoms with Crippen LogP contribution < -0.4 is 0 Å². The van der Waals surface area contributed by atoms with Gasteiger partial charge in [0.1, 0.15) is 0 Å². The van der Waals surface area contributed by atoms with Crippen molar-refractivity contribution in [3.63, 3.8) is 0 Å². The summed E-state index contributed by atoms with van der Waals surface area (Å²) in [5.41, 5.74) is 1.22. The second-order valence-electron chi connectivity index (χ2n) is 4.76. The molecule has 0 amide bonds. The third-order valence-corrected chi connectivity index (χ3v) is 3.64. The monoisotopic (exact) mass is 188 g/mol. The Morgan fingerprint density at radius 3 is 2.14 bits per heavy atom. The van der Waals surface area contributed by atoms with Gasteiger partial charge in [-0.05, 0) is 37.2 Å². The number of rotatable bonds is 1. The third-order valence-electron chi connectivity index (χ3n) is 3.64. The summed E-state index contributed by atoms with van der Waals surface area (Å²) < 4.78 is 0. The molecule has 0 aromatic heterocycles. The van der Waals surface area contributed by atoms with E-state index in [0.717, 1.165) is 5.92 Å². The van der Waals surface area contributed by atoms with Crippen molar-refractivity contribution in [3.8, 4) is 11.8 Å². The van der Waals surface area contributed by atoms with E-state index in [0.29, 0.717) is 5.92 Å². The Balaban J connectivity index is 1.85. The van der Waals surface area contributed by atoms with E-state index in [1.807, 2.05) is 0 Å². The highest BCUT2D eigenvalue weighted by molar-refractivity contribution is 5.29. The van der Waals surface area contributed by atoms with E-state index in [4.69, 9.17) is 0 Å². The molecule has 0 spiro atoms. The van der Waals surface area contributed by atoms with Gasteiger partial charge in [-0.15, -0.1) is 0 Å². The Labute approximate surface area is 87.8 Å². The topological polar surface area (TPSA) is 0 Å². The average molecular weight is 188 g/mol. The molecule has 2 rings (SSSR count). The SMILES string of the molecule is C=C(C#CC1CCCC1)C1CCCC1. The molecule has 2 aliphatic carbocycles. The van der Waals surface area contributed by atoms with Crippen LogP contribution in [0.25, 0.3) is 0 Å². The zero-order valence-corrected chi connectivity index (χ0v) is 9.02. The lowest BCUT2D eigenvalue weighted by atomic mass is 9.98. The van der Waals surface area contributed by atoms with Crippen LogP contribution >= 0.6 is 0 Å². The van der Waals surface area contributed by atoms with Crippen molar-refractivity contribution in [2.24, 2.45) is 11.8 Å². The van der Waals surface area contributed by atoms with Crippen LogP contribution in [-0.4, -0.2) is 0 Å². The molecule has 0 radical (unpaired) electrons. The molecular weight excluding hydrogens is 168 g/mol. The highest BCUT2D eigenvalue weighted by atomic mass is 14.2. The molecule has 0 atom stereocenters. The fourth-order valence-corrected chi connectivity index (χ4v) is 2.64. The minimum atomic E-state index is 0.688. The van der Waals surface area contributed by atoms with Crippen LogP contribution in [0.5, 0.6) is 0 Å². The van der Waals surface area contributed by atoms with E-state index in [1.54, 1.807) is 0 Å². The van der Waals surface area contributed by atoms with E-state index >= 15 is 0 Å². The molecule has 0 aliphatic heterocycles. The summed E-state index contributed by atoms with van der Waals surface area (Å²) in [6.07, 6.45) is 10.8. The second kappa shape index (κ2) is 4.69. The first-order valence-corrected chi connectivity index (χ1v) is 6.06. The molecule has 2 saturated carbocycles. The Morgan fingerprint density at radius 2 is 1.50 bits per heavy atom. The van der Waals surface area contributed by atoms with Gasteiger partial charge in [-0.25, -0.2) is 0 Å². The molecule has 2 fully saturated rings. The van der Waals surface area contributed by atoms with Crippen LogP contribution in [0.4, 0.5) is 0 Å². The predicted octanol–water partition coefficient (Wildman–Crippen LogP) is 3.93. The summed E-state index contributed by atoms with van der Waals surface area (Å²) in [4.78, 5) is 0. The smallest absolute Gasteiger partial charge is 0.0206 e. The maximum absolute atomic E-state index is 4.12. The van der Waals surface area contributed by atoms with Crippen molar-refractivity contribution in [2.45, 2.75) is 51.4 Å². The number of allylic oxidation sites excluding steroid dienone is 1. The van der Waals surface area contributed by atoms with Crippen molar-refractivity contribution in [2.75, 3.05) is 0 Å². The standard InChI is InChI=1S/C14H20/c1-12(14-8-4-5-9-14)10-11-13-6-2-3-7-13/h13-14H,1-9H2. The summed E-state index contributed by atoms with van der Waals surface area (Å²) in [7, 11) is 0. The lowest BCUT2D eigenvalue weighted by molar-refractivity contribution is 0.662. The molecule has 0 nitrogen and oxygen atoms in total. The van der Waals surface area contributed by atoms with Gasteiger partial charge in [0.2, 0.25) is 0 Å². The first-order chi connectivity index (χ1) is 6.86. The predicted molar refractivity (Wildman–Crippen MR) is 60.8 cm³/mol. The minimum Gasteiger partial charge on any atom is -0.0948 e. The van der Waals surface area contributed by atoms with Gasteiger partial charge in [0.05, 0.1) is 0 Å². The minimum absolute atomic E-state index is 0.688. The summed E-state index contributed by atoms with van der Waals surface area (Å²) in [5, 5.41) is 0. The molecule has 2 aliphatic rings. The molecule has 0 heteroatoms. The normalized spacial score (nSPS) is 23.4. The van der Waals surface area contributed by atoms with Gasteiger partial charge in [0.25, 0.3) is 0 Å². The highest BCUT2D eigenvalue weighted by Gasteiger charge is 2.17. The third kappa shape index (κ3) is 2.41. The van der Waals surface area contributed by atoms with Crippen LogP contribution in [0.15, 0.2) is 12.2 Å². The summed E-state index contributed by atoms with van der Waals surface area (Å²) in [5.74, 6) is 8.14. The molecule has 0 unspecified atom stereocenters. The van der Waals surface area contributed by atoms with E-state index in [9.17, 15) is 0 Å². The van der Waals surface area contributed by atoms with Crippen molar-refractivity contribution >= 4 is 0 Å².